The summed E-state index contributed by atoms with van der Waals surface area (Å²) >= 11 is 0. The lowest BCUT2D eigenvalue weighted by molar-refractivity contribution is -0.116. The number of carbonyl (C=O) groups excluding carboxylic acids is 1. The summed E-state index contributed by atoms with van der Waals surface area (Å²) in [5, 5.41) is 7.06. The second-order valence-electron chi connectivity index (χ2n) is 7.33. The molecule has 6 nitrogen and oxygen atoms in total. The average molecular weight is 412 g/mol. The van der Waals surface area contributed by atoms with E-state index in [-0.39, 0.29) is 5.91 Å². The van der Waals surface area contributed by atoms with Gasteiger partial charge in [0.1, 0.15) is 0 Å². The van der Waals surface area contributed by atoms with E-state index in [2.05, 4.69) is 32.6 Å². The zero-order chi connectivity index (χ0) is 21.3. The van der Waals surface area contributed by atoms with E-state index >= 15 is 0 Å². The van der Waals surface area contributed by atoms with Crippen molar-refractivity contribution in [1.29, 1.82) is 0 Å². The van der Waals surface area contributed by atoms with Crippen LogP contribution in [0.2, 0.25) is 0 Å². The Morgan fingerprint density at radius 3 is 2.61 bits per heavy atom. The SMILES string of the molecule is O=C(CCCCc1ccccc1)Nc1ccccc1Cc1nc(-c2cccnc2)no1. The fourth-order valence-electron chi connectivity index (χ4n) is 3.37. The monoisotopic (exact) mass is 412 g/mol. The molecule has 0 bridgehead atoms. The Labute approximate surface area is 181 Å². The lowest BCUT2D eigenvalue weighted by Crippen LogP contribution is -2.13. The minimum Gasteiger partial charge on any atom is -0.339 e. The smallest absolute Gasteiger partial charge is 0.231 e. The highest BCUT2D eigenvalue weighted by molar-refractivity contribution is 5.91. The van der Waals surface area contributed by atoms with E-state index in [9.17, 15) is 4.79 Å². The molecule has 0 saturated heterocycles. The van der Waals surface area contributed by atoms with Crippen LogP contribution in [0.1, 0.15) is 36.3 Å². The third-order valence-electron chi connectivity index (χ3n) is 4.98. The molecule has 0 atom stereocenters. The quantitative estimate of drug-likeness (QED) is 0.388. The molecule has 2 aromatic heterocycles. The molecule has 1 N–H and O–H groups in total. The van der Waals surface area contributed by atoms with Gasteiger partial charge in [0.05, 0.1) is 6.42 Å². The third kappa shape index (κ3) is 5.85. The molecular formula is C25H24N4O2. The summed E-state index contributed by atoms with van der Waals surface area (Å²) in [6.45, 7) is 0. The summed E-state index contributed by atoms with van der Waals surface area (Å²) in [7, 11) is 0. The minimum absolute atomic E-state index is 0.0158. The number of aryl methyl sites for hydroxylation is 1. The maximum Gasteiger partial charge on any atom is 0.231 e. The zero-order valence-electron chi connectivity index (χ0n) is 17.2. The number of rotatable bonds is 9. The molecule has 2 aromatic carbocycles. The number of amides is 1. The van der Waals surface area contributed by atoms with Gasteiger partial charge in [-0.2, -0.15) is 4.98 Å². The molecule has 0 spiro atoms. The molecule has 2 heterocycles. The van der Waals surface area contributed by atoms with Crippen LogP contribution in [0.4, 0.5) is 5.69 Å². The van der Waals surface area contributed by atoms with Crippen molar-refractivity contribution in [2.45, 2.75) is 32.1 Å². The highest BCUT2D eigenvalue weighted by atomic mass is 16.5. The van der Waals surface area contributed by atoms with Gasteiger partial charge in [0.2, 0.25) is 17.6 Å². The van der Waals surface area contributed by atoms with Gasteiger partial charge in [-0.25, -0.2) is 0 Å². The van der Waals surface area contributed by atoms with Crippen LogP contribution in [0, 0.1) is 0 Å². The number of hydrogen-bond acceptors (Lipinski definition) is 5. The molecule has 0 aliphatic carbocycles. The number of hydrogen-bond donors (Lipinski definition) is 1. The molecule has 0 aliphatic heterocycles. The van der Waals surface area contributed by atoms with Crippen molar-refractivity contribution >= 4 is 11.6 Å². The Balaban J connectivity index is 1.32. The molecule has 0 aliphatic rings. The maximum absolute atomic E-state index is 12.4. The predicted octanol–water partition coefficient (Wildman–Crippen LogP) is 5.07. The van der Waals surface area contributed by atoms with Crippen LogP contribution in [0.25, 0.3) is 11.4 Å². The fourth-order valence-corrected chi connectivity index (χ4v) is 3.37. The average Bonchev–Trinajstić information content (AvgIpc) is 3.28. The van der Waals surface area contributed by atoms with Gasteiger partial charge >= 0.3 is 0 Å². The number of para-hydroxylation sites is 1. The molecule has 1 amide bonds. The van der Waals surface area contributed by atoms with Crippen LogP contribution in [-0.2, 0) is 17.6 Å². The van der Waals surface area contributed by atoms with E-state index in [0.717, 1.165) is 36.1 Å². The normalized spacial score (nSPS) is 10.7. The molecule has 6 heteroatoms. The van der Waals surface area contributed by atoms with Crippen molar-refractivity contribution < 1.29 is 9.32 Å². The van der Waals surface area contributed by atoms with E-state index in [1.807, 2.05) is 54.6 Å². The molecular weight excluding hydrogens is 388 g/mol. The van der Waals surface area contributed by atoms with Gasteiger partial charge in [-0.05, 0) is 48.6 Å². The van der Waals surface area contributed by atoms with E-state index in [4.69, 9.17) is 4.52 Å². The first-order valence-electron chi connectivity index (χ1n) is 10.4. The summed E-state index contributed by atoms with van der Waals surface area (Å²) in [5.74, 6) is 1.01. The summed E-state index contributed by atoms with van der Waals surface area (Å²) < 4.78 is 5.40. The van der Waals surface area contributed by atoms with Crippen molar-refractivity contribution in [3.63, 3.8) is 0 Å². The number of nitrogens with one attached hydrogen (secondary N) is 1. The molecule has 0 radical (unpaired) electrons. The van der Waals surface area contributed by atoms with Crippen molar-refractivity contribution in [2.24, 2.45) is 0 Å². The van der Waals surface area contributed by atoms with Gasteiger partial charge in [-0.3, -0.25) is 9.78 Å². The van der Waals surface area contributed by atoms with E-state index < -0.39 is 0 Å². The Morgan fingerprint density at radius 1 is 0.935 bits per heavy atom. The van der Waals surface area contributed by atoms with E-state index in [0.29, 0.717) is 24.6 Å². The first-order chi connectivity index (χ1) is 15.3. The van der Waals surface area contributed by atoms with Gasteiger partial charge in [0.15, 0.2) is 0 Å². The molecule has 156 valence electrons. The van der Waals surface area contributed by atoms with Crippen molar-refractivity contribution in [3.05, 3.63) is 96.1 Å². The number of nitrogens with zero attached hydrogens (tertiary/aromatic N) is 3. The maximum atomic E-state index is 12.4. The molecule has 4 rings (SSSR count). The number of unbranched alkanes of at least 4 members (excludes halogenated alkanes) is 1. The van der Waals surface area contributed by atoms with Gasteiger partial charge in [0, 0.05) is 30.1 Å². The van der Waals surface area contributed by atoms with Crippen molar-refractivity contribution in [2.75, 3.05) is 5.32 Å². The summed E-state index contributed by atoms with van der Waals surface area (Å²) in [6, 6.07) is 21.7. The molecule has 0 saturated carbocycles. The van der Waals surface area contributed by atoms with E-state index in [1.165, 1.54) is 5.56 Å². The van der Waals surface area contributed by atoms with Gasteiger partial charge < -0.3 is 9.84 Å². The van der Waals surface area contributed by atoms with Gasteiger partial charge in [0.25, 0.3) is 0 Å². The number of aromatic nitrogens is 3. The molecule has 4 aromatic rings. The van der Waals surface area contributed by atoms with Crippen LogP contribution < -0.4 is 5.32 Å². The second kappa shape index (κ2) is 10.3. The van der Waals surface area contributed by atoms with Crippen molar-refractivity contribution in [3.8, 4) is 11.4 Å². The largest absolute Gasteiger partial charge is 0.339 e. The highest BCUT2D eigenvalue weighted by Gasteiger charge is 2.13. The second-order valence-corrected chi connectivity index (χ2v) is 7.33. The van der Waals surface area contributed by atoms with Crippen LogP contribution in [-0.4, -0.2) is 21.0 Å². The lowest BCUT2D eigenvalue weighted by atomic mass is 10.1. The van der Waals surface area contributed by atoms with Crippen LogP contribution in [0.3, 0.4) is 0 Å². The first kappa shape index (κ1) is 20.5. The Hall–Kier alpha value is -3.80. The highest BCUT2D eigenvalue weighted by Crippen LogP contribution is 2.21. The topological polar surface area (TPSA) is 80.9 Å². The van der Waals surface area contributed by atoms with Gasteiger partial charge in [-0.1, -0.05) is 53.7 Å². The zero-order valence-corrected chi connectivity index (χ0v) is 17.2. The number of carbonyl (C=O) groups is 1. The molecule has 0 unspecified atom stereocenters. The predicted molar refractivity (Wildman–Crippen MR) is 119 cm³/mol. The Bertz CT molecular complexity index is 1110. The minimum atomic E-state index is 0.0158. The number of benzene rings is 2. The van der Waals surface area contributed by atoms with Gasteiger partial charge in [-0.15, -0.1) is 0 Å². The first-order valence-corrected chi connectivity index (χ1v) is 10.4. The number of pyridine rings is 1. The lowest BCUT2D eigenvalue weighted by Gasteiger charge is -2.10. The number of anilines is 1. The van der Waals surface area contributed by atoms with E-state index in [1.54, 1.807) is 12.4 Å². The molecule has 0 fully saturated rings. The third-order valence-corrected chi connectivity index (χ3v) is 4.98. The summed E-state index contributed by atoms with van der Waals surface area (Å²) in [6.07, 6.45) is 7.15. The van der Waals surface area contributed by atoms with Crippen molar-refractivity contribution in [1.82, 2.24) is 15.1 Å². The van der Waals surface area contributed by atoms with Crippen LogP contribution in [0.5, 0.6) is 0 Å². The molecule has 31 heavy (non-hydrogen) atoms. The fraction of sp³-hybridized carbons (Fsp3) is 0.200. The summed E-state index contributed by atoms with van der Waals surface area (Å²) in [5.41, 5.74) is 3.81. The summed E-state index contributed by atoms with van der Waals surface area (Å²) in [4.78, 5) is 21.0. The Kier molecular flexibility index (Phi) is 6.80. The standard InChI is InChI=1S/C25H24N4O2/c30-23(15-7-4-11-19-9-2-1-3-10-19)27-22-14-6-5-12-20(22)17-24-28-25(29-31-24)21-13-8-16-26-18-21/h1-3,5-6,8-10,12-14,16,18H,4,7,11,15,17H2,(H,27,30). The van der Waals surface area contributed by atoms with Crippen LogP contribution >= 0.6 is 0 Å². The Morgan fingerprint density at radius 2 is 1.77 bits per heavy atom. The van der Waals surface area contributed by atoms with Crippen LogP contribution in [0.15, 0.2) is 83.6 Å².